The number of rotatable bonds is 5. The Labute approximate surface area is 138 Å². The van der Waals surface area contributed by atoms with E-state index in [1.165, 1.54) is 32.1 Å². The first kappa shape index (κ1) is 15.0. The maximum Gasteiger partial charge on any atom is 0.0949 e. The second kappa shape index (κ2) is 5.81. The van der Waals surface area contributed by atoms with Gasteiger partial charge in [0.1, 0.15) is 0 Å². The van der Waals surface area contributed by atoms with Gasteiger partial charge in [-0.05, 0) is 55.3 Å². The van der Waals surface area contributed by atoms with Gasteiger partial charge in [-0.3, -0.25) is 0 Å². The molecule has 2 aromatic heterocycles. The third-order valence-electron chi connectivity index (χ3n) is 6.80. The van der Waals surface area contributed by atoms with Crippen LogP contribution in [0.5, 0.6) is 0 Å². The van der Waals surface area contributed by atoms with E-state index in [2.05, 4.69) is 45.3 Å². The summed E-state index contributed by atoms with van der Waals surface area (Å²) >= 11 is 0. The number of nitrogens with zero attached hydrogens (tertiary/aromatic N) is 4. The summed E-state index contributed by atoms with van der Waals surface area (Å²) in [7, 11) is 0. The van der Waals surface area contributed by atoms with E-state index in [1.807, 2.05) is 25.0 Å². The van der Waals surface area contributed by atoms with Gasteiger partial charge < -0.3 is 9.13 Å². The summed E-state index contributed by atoms with van der Waals surface area (Å²) in [5.41, 5.74) is 0.481. The fourth-order valence-electron chi connectivity index (χ4n) is 5.38. The lowest BCUT2D eigenvalue weighted by atomic mass is 9.50. The monoisotopic (exact) mass is 312 g/mol. The van der Waals surface area contributed by atoms with Crippen LogP contribution in [0.15, 0.2) is 37.4 Å². The number of imidazole rings is 2. The Morgan fingerprint density at radius 1 is 1.04 bits per heavy atom. The Bertz CT molecular complexity index is 606. The highest BCUT2D eigenvalue weighted by molar-refractivity contribution is 4.99. The smallest absolute Gasteiger partial charge is 0.0949 e. The molecule has 4 heteroatoms. The molecule has 3 aliphatic rings. The van der Waals surface area contributed by atoms with Crippen LogP contribution in [0.25, 0.3) is 0 Å². The largest absolute Gasteiger partial charge is 0.335 e. The molecular formula is C19H28N4. The van der Waals surface area contributed by atoms with E-state index in [0.717, 1.165) is 24.3 Å². The summed E-state index contributed by atoms with van der Waals surface area (Å²) in [4.78, 5) is 8.50. The lowest BCUT2D eigenvalue weighted by Gasteiger charge is -2.55. The van der Waals surface area contributed by atoms with Crippen molar-refractivity contribution in [1.29, 1.82) is 0 Å². The molecule has 3 aliphatic carbocycles. The van der Waals surface area contributed by atoms with E-state index >= 15 is 0 Å². The predicted molar refractivity (Wildman–Crippen MR) is 90.8 cm³/mol. The summed E-state index contributed by atoms with van der Waals surface area (Å²) in [5, 5.41) is 0. The van der Waals surface area contributed by atoms with Gasteiger partial charge in [-0.25, -0.2) is 9.97 Å². The molecule has 0 radical (unpaired) electrons. The van der Waals surface area contributed by atoms with E-state index in [4.69, 9.17) is 0 Å². The van der Waals surface area contributed by atoms with Gasteiger partial charge >= 0.3 is 0 Å². The van der Waals surface area contributed by atoms with E-state index in [1.54, 1.807) is 0 Å². The molecule has 0 N–H and O–H groups in total. The van der Waals surface area contributed by atoms with Crippen LogP contribution in [0.2, 0.25) is 0 Å². The quantitative estimate of drug-likeness (QED) is 0.830. The molecule has 2 unspecified atom stereocenters. The zero-order valence-electron chi connectivity index (χ0n) is 14.3. The maximum atomic E-state index is 4.29. The van der Waals surface area contributed by atoms with Crippen LogP contribution in [0.3, 0.4) is 0 Å². The van der Waals surface area contributed by atoms with Gasteiger partial charge in [-0.2, -0.15) is 0 Å². The highest BCUT2D eigenvalue weighted by atomic mass is 15.1. The van der Waals surface area contributed by atoms with Gasteiger partial charge in [0, 0.05) is 31.3 Å². The molecule has 0 amide bonds. The van der Waals surface area contributed by atoms with E-state index < -0.39 is 0 Å². The lowest BCUT2D eigenvalue weighted by Crippen LogP contribution is -2.47. The summed E-state index contributed by atoms with van der Waals surface area (Å²) in [6.45, 7) is 6.03. The highest BCUT2D eigenvalue weighted by Gasteiger charge is 2.49. The minimum Gasteiger partial charge on any atom is -0.335 e. The molecule has 5 rings (SSSR count). The Kier molecular flexibility index (Phi) is 3.78. The van der Waals surface area contributed by atoms with Crippen LogP contribution < -0.4 is 0 Å². The second-order valence-electron chi connectivity index (χ2n) is 8.20. The van der Waals surface area contributed by atoms with Crippen molar-refractivity contribution < 1.29 is 0 Å². The zero-order valence-corrected chi connectivity index (χ0v) is 14.3. The summed E-state index contributed by atoms with van der Waals surface area (Å²) < 4.78 is 4.51. The Balaban J connectivity index is 1.57. The number of hydrogen-bond acceptors (Lipinski definition) is 2. The molecule has 3 fully saturated rings. The van der Waals surface area contributed by atoms with Crippen molar-refractivity contribution in [2.75, 3.05) is 0 Å². The fourth-order valence-corrected chi connectivity index (χ4v) is 5.38. The number of aromatic nitrogens is 4. The Morgan fingerprint density at radius 3 is 2.39 bits per heavy atom. The third-order valence-corrected chi connectivity index (χ3v) is 6.80. The molecule has 2 heterocycles. The van der Waals surface area contributed by atoms with Gasteiger partial charge in [0.15, 0.2) is 0 Å². The minimum atomic E-state index is 0.468. The molecule has 3 saturated carbocycles. The average molecular weight is 312 g/mol. The predicted octanol–water partition coefficient (Wildman–Crippen LogP) is 4.17. The van der Waals surface area contributed by atoms with Gasteiger partial charge in [-0.15, -0.1) is 0 Å². The molecular weight excluding hydrogens is 284 g/mol. The molecule has 2 atom stereocenters. The highest BCUT2D eigenvalue weighted by Crippen LogP contribution is 2.57. The second-order valence-corrected chi connectivity index (χ2v) is 8.20. The normalized spacial score (nSPS) is 30.4. The molecule has 0 aromatic carbocycles. The van der Waals surface area contributed by atoms with Crippen molar-refractivity contribution in [3.05, 3.63) is 37.4 Å². The molecule has 124 valence electrons. The van der Waals surface area contributed by atoms with E-state index in [9.17, 15) is 0 Å². The summed E-state index contributed by atoms with van der Waals surface area (Å²) in [6, 6.07) is 0.468. The van der Waals surface area contributed by atoms with Gasteiger partial charge in [0.05, 0.1) is 18.7 Å². The van der Waals surface area contributed by atoms with Crippen LogP contribution in [0.4, 0.5) is 0 Å². The molecule has 2 aromatic rings. The van der Waals surface area contributed by atoms with E-state index in [0.29, 0.717) is 11.5 Å². The first-order valence-electron chi connectivity index (χ1n) is 9.08. The van der Waals surface area contributed by atoms with Crippen LogP contribution in [0.1, 0.15) is 52.0 Å². The third kappa shape index (κ3) is 2.73. The fraction of sp³-hybridized carbons (Fsp3) is 0.684. The molecule has 0 spiro atoms. The first-order chi connectivity index (χ1) is 11.1. The van der Waals surface area contributed by atoms with Gasteiger partial charge in [0.25, 0.3) is 0 Å². The molecule has 2 bridgehead atoms. The van der Waals surface area contributed by atoms with Gasteiger partial charge in [-0.1, -0.05) is 13.8 Å². The van der Waals surface area contributed by atoms with Crippen LogP contribution in [0, 0.1) is 23.2 Å². The summed E-state index contributed by atoms with van der Waals surface area (Å²) in [5.74, 6) is 2.67. The van der Waals surface area contributed by atoms with Crippen molar-refractivity contribution in [3.8, 4) is 0 Å². The first-order valence-corrected chi connectivity index (χ1v) is 9.08. The Morgan fingerprint density at radius 2 is 1.78 bits per heavy atom. The van der Waals surface area contributed by atoms with Crippen LogP contribution in [-0.4, -0.2) is 19.1 Å². The zero-order chi connectivity index (χ0) is 15.9. The molecule has 0 aliphatic heterocycles. The SMILES string of the molecule is CC1(C)C2CCC(CC2)C1CC(Cn1ccnc1)n1ccnc1. The van der Waals surface area contributed by atoms with Gasteiger partial charge in [0.2, 0.25) is 0 Å². The van der Waals surface area contributed by atoms with E-state index in [-0.39, 0.29) is 0 Å². The average Bonchev–Trinajstić information content (AvgIpc) is 3.23. The van der Waals surface area contributed by atoms with Crippen molar-refractivity contribution in [3.63, 3.8) is 0 Å². The van der Waals surface area contributed by atoms with Crippen molar-refractivity contribution >= 4 is 0 Å². The standard InChI is InChI=1S/C19H28N4/c1-19(2)16-5-3-15(4-6-16)18(19)11-17(23-10-8-21-14-23)12-22-9-7-20-13-22/h7-10,13-18H,3-6,11-12H2,1-2H3. The van der Waals surface area contributed by atoms with Crippen molar-refractivity contribution in [1.82, 2.24) is 19.1 Å². The minimum absolute atomic E-state index is 0.468. The van der Waals surface area contributed by atoms with Crippen molar-refractivity contribution in [2.45, 2.75) is 58.5 Å². The molecule has 23 heavy (non-hydrogen) atoms. The lowest BCUT2D eigenvalue weighted by molar-refractivity contribution is -0.0534. The number of fused-ring (bicyclic) bond motifs is 3. The van der Waals surface area contributed by atoms with Crippen molar-refractivity contribution in [2.24, 2.45) is 23.2 Å². The van der Waals surface area contributed by atoms with Crippen LogP contribution >= 0.6 is 0 Å². The Hall–Kier alpha value is -1.58. The maximum absolute atomic E-state index is 4.29. The van der Waals surface area contributed by atoms with Crippen LogP contribution in [-0.2, 0) is 6.54 Å². The summed E-state index contributed by atoms with van der Waals surface area (Å²) in [6.07, 6.45) is 18.9. The topological polar surface area (TPSA) is 35.6 Å². The molecule has 4 nitrogen and oxygen atoms in total. The molecule has 0 saturated heterocycles. The number of hydrogen-bond donors (Lipinski definition) is 0.